The molecule has 0 aromatic heterocycles. The third-order valence-corrected chi connectivity index (χ3v) is 2.95. The molecule has 0 bridgehead atoms. The first-order valence-electron chi connectivity index (χ1n) is 4.81. The molecule has 0 amide bonds. The van der Waals surface area contributed by atoms with Gasteiger partial charge in [-0.15, -0.1) is 0 Å². The van der Waals surface area contributed by atoms with Crippen molar-refractivity contribution in [1.82, 2.24) is 4.90 Å². The predicted octanol–water partition coefficient (Wildman–Crippen LogP) is 1.41. The molecule has 1 aliphatic heterocycles. The number of likely N-dealkylation sites (tertiary alicyclic amines) is 1. The topological polar surface area (TPSA) is 15.6 Å². The van der Waals surface area contributed by atoms with Gasteiger partial charge in [-0.1, -0.05) is 0 Å². The second-order valence-electron chi connectivity index (χ2n) is 3.21. The fourth-order valence-corrected chi connectivity index (χ4v) is 1.92. The van der Waals surface area contributed by atoms with Gasteiger partial charge in [0.2, 0.25) is 0 Å². The SMILES string of the molecule is CCCCN=C([Se])N1CCCC1. The first kappa shape index (κ1) is 10.1. The van der Waals surface area contributed by atoms with E-state index in [0.717, 1.165) is 11.3 Å². The summed E-state index contributed by atoms with van der Waals surface area (Å²) in [6.45, 7) is 5.57. The molecule has 1 aliphatic rings. The molecule has 69 valence electrons. The summed E-state index contributed by atoms with van der Waals surface area (Å²) in [5, 5.41) is 0. The first-order valence-corrected chi connectivity index (χ1v) is 5.66. The van der Waals surface area contributed by atoms with Crippen molar-refractivity contribution < 1.29 is 0 Å². The molecule has 3 heteroatoms. The third kappa shape index (κ3) is 3.16. The molecule has 0 unspecified atom stereocenters. The first-order chi connectivity index (χ1) is 5.84. The van der Waals surface area contributed by atoms with Gasteiger partial charge in [-0.3, -0.25) is 0 Å². The summed E-state index contributed by atoms with van der Waals surface area (Å²) in [7, 11) is 0. The summed E-state index contributed by atoms with van der Waals surface area (Å²) < 4.78 is 1.13. The van der Waals surface area contributed by atoms with Crippen molar-refractivity contribution in [3.63, 3.8) is 0 Å². The summed E-state index contributed by atoms with van der Waals surface area (Å²) in [5.41, 5.74) is 0. The van der Waals surface area contributed by atoms with Crippen LogP contribution in [0.2, 0.25) is 0 Å². The molecular formula is C9H17N2Se. The van der Waals surface area contributed by atoms with Crippen LogP contribution in [0.4, 0.5) is 0 Å². The number of aliphatic imine (C=N–C) groups is 1. The van der Waals surface area contributed by atoms with Gasteiger partial charge >= 0.3 is 82.9 Å². The summed E-state index contributed by atoms with van der Waals surface area (Å²) in [5.74, 6) is 0. The number of hydrogen-bond acceptors (Lipinski definition) is 1. The Morgan fingerprint density at radius 1 is 1.42 bits per heavy atom. The van der Waals surface area contributed by atoms with Gasteiger partial charge in [0.25, 0.3) is 0 Å². The third-order valence-electron chi connectivity index (χ3n) is 2.14. The zero-order chi connectivity index (χ0) is 8.81. The van der Waals surface area contributed by atoms with Crippen molar-refractivity contribution in [2.75, 3.05) is 19.6 Å². The van der Waals surface area contributed by atoms with Gasteiger partial charge in [0.15, 0.2) is 0 Å². The molecule has 0 aromatic rings. The number of amidine groups is 1. The van der Waals surface area contributed by atoms with Crippen LogP contribution in [-0.2, 0) is 0 Å². The van der Waals surface area contributed by atoms with Crippen LogP contribution in [0.5, 0.6) is 0 Å². The van der Waals surface area contributed by atoms with Crippen LogP contribution in [0.1, 0.15) is 32.6 Å². The molecular weight excluding hydrogens is 215 g/mol. The maximum atomic E-state index is 4.48. The van der Waals surface area contributed by atoms with E-state index in [2.05, 4.69) is 32.8 Å². The normalized spacial score (nSPS) is 18.8. The van der Waals surface area contributed by atoms with Gasteiger partial charge < -0.3 is 0 Å². The minimum absolute atomic E-state index is 0.981. The van der Waals surface area contributed by atoms with Gasteiger partial charge in [-0.25, -0.2) is 0 Å². The zero-order valence-corrected chi connectivity index (χ0v) is 9.47. The summed E-state index contributed by atoms with van der Waals surface area (Å²) in [6.07, 6.45) is 5.10. The second-order valence-corrected chi connectivity index (χ2v) is 3.98. The van der Waals surface area contributed by atoms with E-state index in [0.29, 0.717) is 0 Å². The molecule has 1 rings (SSSR count). The Kier molecular flexibility index (Phi) is 4.70. The molecule has 0 spiro atoms. The van der Waals surface area contributed by atoms with Crippen molar-refractivity contribution in [2.24, 2.45) is 4.99 Å². The van der Waals surface area contributed by atoms with E-state index < -0.39 is 0 Å². The van der Waals surface area contributed by atoms with Crippen molar-refractivity contribution in [3.8, 4) is 0 Å². The Labute approximate surface area is 83.2 Å². The van der Waals surface area contributed by atoms with Gasteiger partial charge in [0, 0.05) is 0 Å². The van der Waals surface area contributed by atoms with Crippen LogP contribution in [0.3, 0.4) is 0 Å². The van der Waals surface area contributed by atoms with E-state index in [-0.39, 0.29) is 0 Å². The molecule has 0 aliphatic carbocycles. The van der Waals surface area contributed by atoms with Gasteiger partial charge in [0.1, 0.15) is 0 Å². The Hall–Kier alpha value is -0.0105. The standard InChI is InChI=1S/C9H17N2Se/c1-2-3-6-10-9(12)11-7-4-5-8-11/h2-8H2,1H3. The molecule has 0 N–H and O–H groups in total. The average molecular weight is 232 g/mol. The van der Waals surface area contributed by atoms with Gasteiger partial charge in [-0.05, 0) is 0 Å². The molecule has 2 nitrogen and oxygen atoms in total. The number of hydrogen-bond donors (Lipinski definition) is 0. The number of rotatable bonds is 3. The predicted molar refractivity (Wildman–Crippen MR) is 53.8 cm³/mol. The Bertz CT molecular complexity index is 151. The summed E-state index contributed by atoms with van der Waals surface area (Å²) in [6, 6.07) is 0. The molecule has 0 saturated carbocycles. The monoisotopic (exact) mass is 233 g/mol. The Balaban J connectivity index is 2.24. The van der Waals surface area contributed by atoms with E-state index in [1.54, 1.807) is 0 Å². The molecule has 0 atom stereocenters. The molecule has 1 heterocycles. The molecule has 12 heavy (non-hydrogen) atoms. The van der Waals surface area contributed by atoms with Crippen LogP contribution in [0.15, 0.2) is 4.99 Å². The van der Waals surface area contributed by atoms with E-state index in [1.807, 2.05) is 0 Å². The summed E-state index contributed by atoms with van der Waals surface area (Å²) in [4.78, 5) is 6.83. The van der Waals surface area contributed by atoms with Crippen molar-refractivity contribution in [3.05, 3.63) is 0 Å². The molecule has 1 saturated heterocycles. The second kappa shape index (κ2) is 5.60. The van der Waals surface area contributed by atoms with Crippen molar-refractivity contribution >= 4 is 20.7 Å². The van der Waals surface area contributed by atoms with Crippen molar-refractivity contribution in [1.29, 1.82) is 0 Å². The van der Waals surface area contributed by atoms with Gasteiger partial charge in [-0.2, -0.15) is 0 Å². The van der Waals surface area contributed by atoms with Crippen LogP contribution in [-0.4, -0.2) is 45.3 Å². The maximum absolute atomic E-state index is 4.48. The van der Waals surface area contributed by atoms with Crippen LogP contribution in [0.25, 0.3) is 0 Å². The molecule has 0 aromatic carbocycles. The number of unbranched alkanes of at least 4 members (excludes halogenated alkanes) is 1. The zero-order valence-electron chi connectivity index (χ0n) is 7.75. The number of nitrogens with zero attached hydrogens (tertiary/aromatic N) is 2. The van der Waals surface area contributed by atoms with E-state index >= 15 is 0 Å². The minimum atomic E-state index is 0.981. The van der Waals surface area contributed by atoms with Crippen LogP contribution in [0, 0.1) is 0 Å². The van der Waals surface area contributed by atoms with Crippen molar-refractivity contribution in [2.45, 2.75) is 32.6 Å². The average Bonchev–Trinajstić information content (AvgIpc) is 2.56. The van der Waals surface area contributed by atoms with Gasteiger partial charge in [0.05, 0.1) is 0 Å². The fourth-order valence-electron chi connectivity index (χ4n) is 1.34. The fraction of sp³-hybridized carbons (Fsp3) is 0.889. The molecule has 1 fully saturated rings. The van der Waals surface area contributed by atoms with E-state index in [1.165, 1.54) is 38.8 Å². The van der Waals surface area contributed by atoms with E-state index in [4.69, 9.17) is 0 Å². The summed E-state index contributed by atoms with van der Waals surface area (Å²) >= 11 is 3.05. The molecule has 1 radical (unpaired) electrons. The Morgan fingerprint density at radius 2 is 2.08 bits per heavy atom. The quantitative estimate of drug-likeness (QED) is 0.311. The Morgan fingerprint density at radius 3 is 2.67 bits per heavy atom. The van der Waals surface area contributed by atoms with Crippen LogP contribution < -0.4 is 0 Å². The van der Waals surface area contributed by atoms with E-state index in [9.17, 15) is 0 Å². The van der Waals surface area contributed by atoms with Crippen LogP contribution >= 0.6 is 0 Å².